The van der Waals surface area contributed by atoms with E-state index in [9.17, 15) is 0 Å². The third kappa shape index (κ3) is 9.90. The van der Waals surface area contributed by atoms with Gasteiger partial charge in [-0.25, -0.2) is 0 Å². The number of hydrogen-bond donors (Lipinski definition) is 2. The van der Waals surface area contributed by atoms with E-state index >= 15 is 0 Å². The maximum Gasteiger partial charge on any atom is 0.184 e. The molecule has 0 saturated carbocycles. The van der Waals surface area contributed by atoms with Crippen molar-refractivity contribution in [2.45, 2.75) is 65.2 Å². The molecule has 0 aliphatic rings. The maximum absolute atomic E-state index is 5.36. The van der Waals surface area contributed by atoms with Crippen LogP contribution in [0.2, 0.25) is 0 Å². The highest BCUT2D eigenvalue weighted by atomic mass is 32.1. The molecule has 4 heteroatoms. The molecule has 0 atom stereocenters. The smallest absolute Gasteiger partial charge is 0.184 e. The predicted molar refractivity (Wildman–Crippen MR) is 75.6 cm³/mol. The molecule has 0 heterocycles. The number of nitrogens with one attached hydrogen (secondary N) is 1. The highest BCUT2D eigenvalue weighted by Gasteiger charge is 2.00. The first-order valence-corrected chi connectivity index (χ1v) is 6.72. The summed E-state index contributed by atoms with van der Waals surface area (Å²) in [5, 5.41) is 4.52. The minimum Gasteiger partial charge on any atom is -0.375 e. The van der Waals surface area contributed by atoms with E-state index in [0.717, 1.165) is 12.8 Å². The van der Waals surface area contributed by atoms with Gasteiger partial charge in [0.1, 0.15) is 0 Å². The van der Waals surface area contributed by atoms with Crippen LogP contribution in [0.25, 0.3) is 0 Å². The largest absolute Gasteiger partial charge is 0.375 e. The minimum atomic E-state index is 0.253. The number of unbranched alkanes of at least 4 members (excludes halogenated alkanes) is 4. The molecule has 0 aromatic carbocycles. The maximum atomic E-state index is 5.36. The van der Waals surface area contributed by atoms with E-state index in [1.54, 1.807) is 0 Å². The van der Waals surface area contributed by atoms with E-state index in [2.05, 4.69) is 24.4 Å². The number of hydrogen-bond acceptors (Lipinski definition) is 2. The lowest BCUT2D eigenvalue weighted by Gasteiger charge is -2.06. The Bertz CT molecular complexity index is 202. The van der Waals surface area contributed by atoms with Crippen LogP contribution < -0.4 is 11.2 Å². The Labute approximate surface area is 105 Å². The van der Waals surface area contributed by atoms with Gasteiger partial charge < -0.3 is 5.73 Å². The predicted octanol–water partition coefficient (Wildman–Crippen LogP) is 3.34. The molecule has 0 unspecified atom stereocenters. The van der Waals surface area contributed by atoms with Gasteiger partial charge in [0.2, 0.25) is 0 Å². The molecule has 0 saturated heterocycles. The standard InChI is InChI=1S/C12H25N3S/c1-3-5-7-9-11(10-8-6-4-2)14-15-12(13)16/h3-10H2,1-2H3,(H3,13,15,16). The van der Waals surface area contributed by atoms with Crippen molar-refractivity contribution in [3.63, 3.8) is 0 Å². The lowest BCUT2D eigenvalue weighted by molar-refractivity contribution is 0.706. The molecule has 0 radical (unpaired) electrons. The Morgan fingerprint density at radius 3 is 1.94 bits per heavy atom. The number of thiocarbonyl (C=S) groups is 1. The van der Waals surface area contributed by atoms with Crippen LogP contribution in [0.4, 0.5) is 0 Å². The van der Waals surface area contributed by atoms with Crippen molar-refractivity contribution in [3.05, 3.63) is 0 Å². The summed E-state index contributed by atoms with van der Waals surface area (Å²) in [5.41, 5.74) is 9.26. The molecular formula is C12H25N3S. The quantitative estimate of drug-likeness (QED) is 0.283. The lowest BCUT2D eigenvalue weighted by atomic mass is 10.1. The SMILES string of the molecule is CCCCCC(CCCCC)=NNC(N)=S. The molecule has 0 bridgehead atoms. The topological polar surface area (TPSA) is 50.4 Å². The van der Waals surface area contributed by atoms with Gasteiger partial charge >= 0.3 is 0 Å². The molecule has 0 rings (SSSR count). The van der Waals surface area contributed by atoms with E-state index in [1.165, 1.54) is 44.2 Å². The van der Waals surface area contributed by atoms with Crippen LogP contribution in [-0.2, 0) is 0 Å². The molecule has 0 aromatic rings. The van der Waals surface area contributed by atoms with Crippen LogP contribution in [0.15, 0.2) is 5.10 Å². The first-order valence-electron chi connectivity index (χ1n) is 6.31. The Kier molecular flexibility index (Phi) is 10.4. The Morgan fingerprint density at radius 1 is 1.06 bits per heavy atom. The summed E-state index contributed by atoms with van der Waals surface area (Å²) < 4.78 is 0. The summed E-state index contributed by atoms with van der Waals surface area (Å²) in [6.45, 7) is 4.42. The van der Waals surface area contributed by atoms with E-state index in [0.29, 0.717) is 0 Å². The van der Waals surface area contributed by atoms with Crippen molar-refractivity contribution < 1.29 is 0 Å². The van der Waals surface area contributed by atoms with Crippen LogP contribution in [0.1, 0.15) is 65.2 Å². The van der Waals surface area contributed by atoms with Crippen LogP contribution >= 0.6 is 12.2 Å². The molecular weight excluding hydrogens is 218 g/mol. The molecule has 0 aliphatic carbocycles. The molecule has 3 N–H and O–H groups in total. The van der Waals surface area contributed by atoms with Gasteiger partial charge in [-0.15, -0.1) is 0 Å². The van der Waals surface area contributed by atoms with Gasteiger partial charge in [-0.3, -0.25) is 5.43 Å². The fourth-order valence-corrected chi connectivity index (χ4v) is 1.57. The van der Waals surface area contributed by atoms with Crippen LogP contribution in [-0.4, -0.2) is 10.8 Å². The summed E-state index contributed by atoms with van der Waals surface area (Å²) in [4.78, 5) is 0. The van der Waals surface area contributed by atoms with Gasteiger partial charge in [-0.2, -0.15) is 5.10 Å². The monoisotopic (exact) mass is 243 g/mol. The zero-order valence-corrected chi connectivity index (χ0v) is 11.4. The van der Waals surface area contributed by atoms with Crippen molar-refractivity contribution in [1.82, 2.24) is 5.43 Å². The van der Waals surface area contributed by atoms with Gasteiger partial charge in [-0.05, 0) is 37.9 Å². The van der Waals surface area contributed by atoms with Gasteiger partial charge in [0.15, 0.2) is 5.11 Å². The van der Waals surface area contributed by atoms with Crippen molar-refractivity contribution in [1.29, 1.82) is 0 Å². The summed E-state index contributed by atoms with van der Waals surface area (Å²) >= 11 is 4.74. The Morgan fingerprint density at radius 2 is 1.56 bits per heavy atom. The second-order valence-electron chi connectivity index (χ2n) is 4.07. The van der Waals surface area contributed by atoms with E-state index in [1.807, 2.05) is 0 Å². The normalized spacial score (nSPS) is 9.88. The highest BCUT2D eigenvalue weighted by molar-refractivity contribution is 7.80. The first kappa shape index (κ1) is 15.4. The van der Waals surface area contributed by atoms with Crippen molar-refractivity contribution in [2.24, 2.45) is 10.8 Å². The van der Waals surface area contributed by atoms with Crippen molar-refractivity contribution in [3.8, 4) is 0 Å². The lowest BCUT2D eigenvalue weighted by Crippen LogP contribution is -2.25. The van der Waals surface area contributed by atoms with Crippen LogP contribution in [0, 0.1) is 0 Å². The number of nitrogens with two attached hydrogens (primary N) is 1. The molecule has 3 nitrogen and oxygen atoms in total. The Balaban J connectivity index is 3.94. The molecule has 0 aromatic heterocycles. The van der Waals surface area contributed by atoms with Crippen LogP contribution in [0.3, 0.4) is 0 Å². The fraction of sp³-hybridized carbons (Fsp3) is 0.833. The average Bonchev–Trinajstić information content (AvgIpc) is 2.25. The van der Waals surface area contributed by atoms with Crippen molar-refractivity contribution >= 4 is 23.0 Å². The van der Waals surface area contributed by atoms with E-state index in [-0.39, 0.29) is 5.11 Å². The van der Waals surface area contributed by atoms with Gasteiger partial charge in [0.25, 0.3) is 0 Å². The van der Waals surface area contributed by atoms with E-state index in [4.69, 9.17) is 18.0 Å². The van der Waals surface area contributed by atoms with Gasteiger partial charge in [0, 0.05) is 5.71 Å². The van der Waals surface area contributed by atoms with Gasteiger partial charge in [0.05, 0.1) is 0 Å². The highest BCUT2D eigenvalue weighted by Crippen LogP contribution is 2.07. The molecule has 0 aliphatic heterocycles. The van der Waals surface area contributed by atoms with E-state index < -0.39 is 0 Å². The zero-order chi connectivity index (χ0) is 12.2. The summed E-state index contributed by atoms with van der Waals surface area (Å²) in [5.74, 6) is 0. The third-order valence-electron chi connectivity index (χ3n) is 2.46. The molecule has 16 heavy (non-hydrogen) atoms. The summed E-state index contributed by atoms with van der Waals surface area (Å²) in [6.07, 6.45) is 9.55. The van der Waals surface area contributed by atoms with Gasteiger partial charge in [-0.1, -0.05) is 39.5 Å². The second kappa shape index (κ2) is 10.9. The number of rotatable bonds is 9. The Hall–Kier alpha value is -0.640. The summed E-state index contributed by atoms with van der Waals surface area (Å²) in [7, 11) is 0. The number of nitrogens with zero attached hydrogens (tertiary/aromatic N) is 1. The molecule has 0 fully saturated rings. The zero-order valence-electron chi connectivity index (χ0n) is 10.6. The minimum absolute atomic E-state index is 0.253. The first-order chi connectivity index (χ1) is 7.70. The number of hydrazone groups is 1. The van der Waals surface area contributed by atoms with Crippen LogP contribution in [0.5, 0.6) is 0 Å². The molecule has 0 amide bonds. The second-order valence-corrected chi connectivity index (χ2v) is 4.51. The average molecular weight is 243 g/mol. The molecule has 0 spiro atoms. The molecule has 94 valence electrons. The summed E-state index contributed by atoms with van der Waals surface area (Å²) in [6, 6.07) is 0. The van der Waals surface area contributed by atoms with Crippen molar-refractivity contribution in [2.75, 3.05) is 0 Å². The third-order valence-corrected chi connectivity index (χ3v) is 2.55. The fourth-order valence-electron chi connectivity index (χ4n) is 1.53.